The van der Waals surface area contributed by atoms with Crippen LogP contribution in [0.2, 0.25) is 0 Å². The minimum absolute atomic E-state index is 0.169. The van der Waals surface area contributed by atoms with E-state index in [9.17, 15) is 8.78 Å². The van der Waals surface area contributed by atoms with Crippen LogP contribution in [-0.4, -0.2) is 36.1 Å². The minimum atomic E-state index is -2.36. The fraction of sp³-hybridized carbons (Fsp3) is 0.455. The first kappa shape index (κ1) is 12.9. The average Bonchev–Trinajstić information content (AvgIpc) is 2.21. The van der Waals surface area contributed by atoms with Crippen molar-refractivity contribution in [1.29, 1.82) is 0 Å². The number of hydrogen-bond acceptors (Lipinski definition) is 3. The summed E-state index contributed by atoms with van der Waals surface area (Å²) < 4.78 is 24.5. The van der Waals surface area contributed by atoms with Gasteiger partial charge in [0.1, 0.15) is 5.75 Å². The van der Waals surface area contributed by atoms with Gasteiger partial charge < -0.3 is 10.8 Å². The molecule has 0 atom stereocenters. The molecule has 0 saturated carbocycles. The Hall–Kier alpha value is -1.20. The number of nitrogens with two attached hydrogens (primary N) is 1. The number of nitrogens with zero attached hydrogens (tertiary/aromatic N) is 1. The van der Waals surface area contributed by atoms with Gasteiger partial charge in [-0.15, -0.1) is 0 Å². The number of phenolic OH excluding ortho intramolecular Hbond substituents is 1. The second-order valence-electron chi connectivity index (χ2n) is 3.58. The highest BCUT2D eigenvalue weighted by atomic mass is 19.3. The van der Waals surface area contributed by atoms with Gasteiger partial charge in [-0.1, -0.05) is 12.1 Å². The molecule has 0 aliphatic carbocycles. The normalized spacial score (nSPS) is 11.3. The molecule has 0 spiro atoms. The van der Waals surface area contributed by atoms with E-state index in [1.807, 2.05) is 0 Å². The van der Waals surface area contributed by atoms with Crippen LogP contribution in [0.5, 0.6) is 5.75 Å². The largest absolute Gasteiger partial charge is 0.508 e. The molecule has 16 heavy (non-hydrogen) atoms. The molecule has 0 fully saturated rings. The number of rotatable bonds is 6. The monoisotopic (exact) mass is 230 g/mol. The molecule has 1 aromatic rings. The summed E-state index contributed by atoms with van der Waals surface area (Å²) in [5.74, 6) is 0.169. The Kier molecular flexibility index (Phi) is 5.14. The first-order valence-corrected chi connectivity index (χ1v) is 5.10. The molecule has 0 bridgehead atoms. The molecule has 3 N–H and O–H groups in total. The fourth-order valence-electron chi connectivity index (χ4n) is 1.47. The number of benzene rings is 1. The Balaban J connectivity index is 2.56. The van der Waals surface area contributed by atoms with E-state index in [1.54, 1.807) is 29.2 Å². The lowest BCUT2D eigenvalue weighted by Crippen LogP contribution is -2.33. The van der Waals surface area contributed by atoms with Crippen LogP contribution < -0.4 is 5.73 Å². The summed E-state index contributed by atoms with van der Waals surface area (Å²) in [7, 11) is 0. The number of hydrogen-bond donors (Lipinski definition) is 2. The molecule has 1 rings (SSSR count). The first-order chi connectivity index (χ1) is 7.61. The summed E-state index contributed by atoms with van der Waals surface area (Å²) in [6.07, 6.45) is -2.36. The molecule has 0 unspecified atom stereocenters. The number of halogens is 2. The van der Waals surface area contributed by atoms with Gasteiger partial charge in [0.05, 0.1) is 6.54 Å². The molecule has 0 aromatic heterocycles. The first-order valence-electron chi connectivity index (χ1n) is 5.10. The summed E-state index contributed by atoms with van der Waals surface area (Å²) in [5, 5.41) is 9.09. The van der Waals surface area contributed by atoms with Gasteiger partial charge in [0, 0.05) is 19.6 Å². The van der Waals surface area contributed by atoms with Crippen LogP contribution in [0, 0.1) is 0 Å². The summed E-state index contributed by atoms with van der Waals surface area (Å²) in [6.45, 7) is 0.927. The standard InChI is InChI=1S/C11H16F2N2O/c12-11(13)8-15(6-5-14)7-9-1-3-10(16)4-2-9/h1-4,11,16H,5-8,14H2. The van der Waals surface area contributed by atoms with Gasteiger partial charge >= 0.3 is 0 Å². The van der Waals surface area contributed by atoms with Gasteiger partial charge in [0.25, 0.3) is 6.43 Å². The highest BCUT2D eigenvalue weighted by molar-refractivity contribution is 5.25. The third-order valence-electron chi connectivity index (χ3n) is 2.18. The molecule has 3 nitrogen and oxygen atoms in total. The molecule has 0 aliphatic rings. The molecule has 0 radical (unpaired) electrons. The van der Waals surface area contributed by atoms with Crippen molar-refractivity contribution < 1.29 is 13.9 Å². The van der Waals surface area contributed by atoms with Crippen LogP contribution in [-0.2, 0) is 6.54 Å². The minimum Gasteiger partial charge on any atom is -0.508 e. The van der Waals surface area contributed by atoms with Crippen LogP contribution in [0.4, 0.5) is 8.78 Å². The zero-order valence-electron chi connectivity index (χ0n) is 8.94. The van der Waals surface area contributed by atoms with Crippen molar-refractivity contribution in [2.75, 3.05) is 19.6 Å². The second kappa shape index (κ2) is 6.40. The van der Waals surface area contributed by atoms with Crippen LogP contribution in [0.3, 0.4) is 0 Å². The molecule has 0 saturated heterocycles. The summed E-state index contributed by atoms with van der Waals surface area (Å²) in [4.78, 5) is 1.59. The predicted molar refractivity (Wildman–Crippen MR) is 58.4 cm³/mol. The van der Waals surface area contributed by atoms with Gasteiger partial charge in [0.15, 0.2) is 0 Å². The predicted octanol–water partition coefficient (Wildman–Crippen LogP) is 1.42. The number of alkyl halides is 2. The smallest absolute Gasteiger partial charge is 0.251 e. The van der Waals surface area contributed by atoms with Crippen LogP contribution in [0.15, 0.2) is 24.3 Å². The topological polar surface area (TPSA) is 49.5 Å². The zero-order valence-corrected chi connectivity index (χ0v) is 8.94. The lowest BCUT2D eigenvalue weighted by Gasteiger charge is -2.21. The summed E-state index contributed by atoms with van der Waals surface area (Å²) >= 11 is 0. The van der Waals surface area contributed by atoms with Crippen molar-refractivity contribution in [3.8, 4) is 5.75 Å². The van der Waals surface area contributed by atoms with Crippen molar-refractivity contribution in [3.63, 3.8) is 0 Å². The molecule has 5 heteroatoms. The third kappa shape index (κ3) is 4.55. The molecule has 90 valence electrons. The van der Waals surface area contributed by atoms with E-state index in [1.165, 1.54) is 0 Å². The molecule has 0 amide bonds. The molecular formula is C11H16F2N2O. The Morgan fingerprint density at radius 1 is 1.25 bits per heavy atom. The average molecular weight is 230 g/mol. The maximum atomic E-state index is 12.3. The quantitative estimate of drug-likeness (QED) is 0.777. The van der Waals surface area contributed by atoms with Crippen LogP contribution >= 0.6 is 0 Å². The number of aromatic hydroxyl groups is 1. The maximum Gasteiger partial charge on any atom is 0.251 e. The Morgan fingerprint density at radius 2 is 1.88 bits per heavy atom. The number of phenols is 1. The van der Waals surface area contributed by atoms with Crippen molar-refractivity contribution >= 4 is 0 Å². The van der Waals surface area contributed by atoms with Gasteiger partial charge in [0.2, 0.25) is 0 Å². The van der Waals surface area contributed by atoms with Crippen molar-refractivity contribution in [1.82, 2.24) is 4.90 Å². The molecule has 0 aliphatic heterocycles. The van der Waals surface area contributed by atoms with Gasteiger partial charge in [-0.25, -0.2) is 8.78 Å². The van der Waals surface area contributed by atoms with Crippen molar-refractivity contribution in [2.24, 2.45) is 5.73 Å². The second-order valence-corrected chi connectivity index (χ2v) is 3.58. The zero-order chi connectivity index (χ0) is 12.0. The Labute approximate surface area is 93.5 Å². The lowest BCUT2D eigenvalue weighted by atomic mass is 10.2. The van der Waals surface area contributed by atoms with E-state index < -0.39 is 6.43 Å². The van der Waals surface area contributed by atoms with Gasteiger partial charge in [-0.05, 0) is 17.7 Å². The van der Waals surface area contributed by atoms with Crippen LogP contribution in [0.1, 0.15) is 5.56 Å². The summed E-state index contributed by atoms with van der Waals surface area (Å²) in [6, 6.07) is 6.51. The van der Waals surface area contributed by atoms with E-state index in [4.69, 9.17) is 10.8 Å². The van der Waals surface area contributed by atoms with E-state index in [0.717, 1.165) is 5.56 Å². The maximum absolute atomic E-state index is 12.3. The fourth-order valence-corrected chi connectivity index (χ4v) is 1.47. The van der Waals surface area contributed by atoms with Gasteiger partial charge in [-0.3, -0.25) is 4.90 Å². The summed E-state index contributed by atoms with van der Waals surface area (Å²) in [5.41, 5.74) is 6.24. The van der Waals surface area contributed by atoms with Crippen molar-refractivity contribution in [2.45, 2.75) is 13.0 Å². The molecular weight excluding hydrogens is 214 g/mol. The van der Waals surface area contributed by atoms with Crippen LogP contribution in [0.25, 0.3) is 0 Å². The third-order valence-corrected chi connectivity index (χ3v) is 2.18. The molecule has 0 heterocycles. The Bertz CT molecular complexity index is 303. The highest BCUT2D eigenvalue weighted by Crippen LogP contribution is 2.12. The van der Waals surface area contributed by atoms with E-state index in [0.29, 0.717) is 19.6 Å². The van der Waals surface area contributed by atoms with E-state index in [-0.39, 0.29) is 12.3 Å². The van der Waals surface area contributed by atoms with Gasteiger partial charge in [-0.2, -0.15) is 0 Å². The SMILES string of the molecule is NCCN(Cc1ccc(O)cc1)CC(F)F. The lowest BCUT2D eigenvalue weighted by molar-refractivity contribution is 0.0862. The highest BCUT2D eigenvalue weighted by Gasteiger charge is 2.11. The Morgan fingerprint density at radius 3 is 2.38 bits per heavy atom. The van der Waals surface area contributed by atoms with E-state index >= 15 is 0 Å². The van der Waals surface area contributed by atoms with Crippen molar-refractivity contribution in [3.05, 3.63) is 29.8 Å². The van der Waals surface area contributed by atoms with E-state index in [2.05, 4.69) is 0 Å². The molecule has 1 aromatic carbocycles.